The lowest BCUT2D eigenvalue weighted by Gasteiger charge is -2.18. The largest absolute Gasteiger partial charge is 0.391 e. The number of aliphatic hydroxyl groups excluding tert-OH is 1. The summed E-state index contributed by atoms with van der Waals surface area (Å²) in [6.07, 6.45) is 4.88. The summed E-state index contributed by atoms with van der Waals surface area (Å²) >= 11 is 0. The molecule has 22 heavy (non-hydrogen) atoms. The second-order valence-electron chi connectivity index (χ2n) is 6.01. The van der Waals surface area contributed by atoms with E-state index in [1.807, 2.05) is 0 Å². The molecule has 5 heteroatoms. The average Bonchev–Trinajstić information content (AvgIpc) is 3.02. The van der Waals surface area contributed by atoms with Crippen LogP contribution in [0.2, 0.25) is 0 Å². The molecule has 1 amide bonds. The Morgan fingerprint density at radius 3 is 2.77 bits per heavy atom. The highest BCUT2D eigenvalue weighted by molar-refractivity contribution is 5.75. The van der Waals surface area contributed by atoms with Crippen LogP contribution >= 0.6 is 0 Å². The third-order valence-corrected chi connectivity index (χ3v) is 4.31. The van der Waals surface area contributed by atoms with Crippen LogP contribution in [-0.2, 0) is 11.2 Å². The van der Waals surface area contributed by atoms with Gasteiger partial charge in [0.25, 0.3) is 0 Å². The molecule has 1 aliphatic carbocycles. The van der Waals surface area contributed by atoms with E-state index in [4.69, 9.17) is 0 Å². The van der Waals surface area contributed by atoms with Crippen molar-refractivity contribution in [3.63, 3.8) is 0 Å². The van der Waals surface area contributed by atoms with E-state index in [0.29, 0.717) is 24.3 Å². The first-order valence-corrected chi connectivity index (χ1v) is 7.95. The van der Waals surface area contributed by atoms with Crippen LogP contribution < -0.4 is 5.32 Å². The Morgan fingerprint density at radius 1 is 1.32 bits per heavy atom. The Morgan fingerprint density at radius 2 is 2.05 bits per heavy atom. The number of aryl methyl sites for hydroxylation is 1. The maximum absolute atomic E-state index is 13.4. The zero-order valence-electron chi connectivity index (χ0n) is 12.7. The molecule has 0 aromatic heterocycles. The smallest absolute Gasteiger partial charge is 0.220 e. The van der Waals surface area contributed by atoms with Crippen LogP contribution in [0.3, 0.4) is 0 Å². The molecule has 2 N–H and O–H groups in total. The fourth-order valence-electron chi connectivity index (χ4n) is 2.99. The number of rotatable bonds is 7. The summed E-state index contributed by atoms with van der Waals surface area (Å²) < 4.78 is 26.4. The molecule has 1 fully saturated rings. The van der Waals surface area contributed by atoms with Gasteiger partial charge in [-0.3, -0.25) is 4.79 Å². The summed E-state index contributed by atoms with van der Waals surface area (Å²) in [5.41, 5.74) is 0.291. The molecule has 1 aromatic rings. The van der Waals surface area contributed by atoms with Gasteiger partial charge >= 0.3 is 0 Å². The second-order valence-corrected chi connectivity index (χ2v) is 6.01. The van der Waals surface area contributed by atoms with Crippen LogP contribution in [0, 0.1) is 17.6 Å². The molecular weight excluding hydrogens is 288 g/mol. The van der Waals surface area contributed by atoms with Crippen molar-refractivity contribution in [1.29, 1.82) is 0 Å². The van der Waals surface area contributed by atoms with Crippen molar-refractivity contribution in [2.45, 2.75) is 51.0 Å². The highest BCUT2D eigenvalue weighted by Crippen LogP contribution is 2.27. The van der Waals surface area contributed by atoms with Gasteiger partial charge in [-0.2, -0.15) is 0 Å². The van der Waals surface area contributed by atoms with Gasteiger partial charge in [-0.15, -0.1) is 0 Å². The fourth-order valence-corrected chi connectivity index (χ4v) is 2.99. The standard InChI is InChI=1S/C17H23F2NO2/c18-14-8-9-15(19)13(10-14)6-3-7-17(22)20-11-16(21)12-4-1-2-5-12/h8-10,12,16,21H,1-7,11H2,(H,20,22). The SMILES string of the molecule is O=C(CCCc1cc(F)ccc1F)NCC(O)C1CCCC1. The Kier molecular flexibility index (Phi) is 6.31. The topological polar surface area (TPSA) is 49.3 Å². The van der Waals surface area contributed by atoms with Gasteiger partial charge < -0.3 is 10.4 Å². The fraction of sp³-hybridized carbons (Fsp3) is 0.588. The molecule has 2 rings (SSSR count). The molecule has 0 spiro atoms. The number of nitrogens with one attached hydrogen (secondary N) is 1. The lowest BCUT2D eigenvalue weighted by molar-refractivity contribution is -0.121. The monoisotopic (exact) mass is 311 g/mol. The van der Waals surface area contributed by atoms with E-state index in [0.717, 1.165) is 43.9 Å². The number of halogens is 2. The molecule has 122 valence electrons. The highest BCUT2D eigenvalue weighted by Gasteiger charge is 2.23. The summed E-state index contributed by atoms with van der Waals surface area (Å²) in [4.78, 5) is 11.7. The maximum atomic E-state index is 13.4. The predicted molar refractivity (Wildman–Crippen MR) is 80.3 cm³/mol. The molecule has 1 aliphatic rings. The number of hydrogen-bond acceptors (Lipinski definition) is 2. The Hall–Kier alpha value is -1.49. The third kappa shape index (κ3) is 5.05. The van der Waals surface area contributed by atoms with Gasteiger partial charge in [0, 0.05) is 13.0 Å². The van der Waals surface area contributed by atoms with Crippen molar-refractivity contribution in [2.75, 3.05) is 6.54 Å². The van der Waals surface area contributed by atoms with Gasteiger partial charge in [-0.05, 0) is 55.4 Å². The normalized spacial score (nSPS) is 16.7. The molecule has 0 aliphatic heterocycles. The Bertz CT molecular complexity index is 501. The van der Waals surface area contributed by atoms with E-state index in [-0.39, 0.29) is 18.9 Å². The number of amides is 1. The van der Waals surface area contributed by atoms with Crippen molar-refractivity contribution in [3.8, 4) is 0 Å². The molecule has 1 atom stereocenters. The van der Waals surface area contributed by atoms with E-state index in [1.165, 1.54) is 0 Å². The number of carbonyl (C=O) groups excluding carboxylic acids is 1. The van der Waals surface area contributed by atoms with Crippen LogP contribution in [0.1, 0.15) is 44.1 Å². The number of hydrogen-bond donors (Lipinski definition) is 2. The summed E-state index contributed by atoms with van der Waals surface area (Å²) in [6.45, 7) is 0.276. The van der Waals surface area contributed by atoms with Gasteiger partial charge in [0.15, 0.2) is 0 Å². The van der Waals surface area contributed by atoms with Crippen molar-refractivity contribution in [3.05, 3.63) is 35.4 Å². The van der Waals surface area contributed by atoms with Crippen molar-refractivity contribution in [1.82, 2.24) is 5.32 Å². The molecule has 1 unspecified atom stereocenters. The minimum absolute atomic E-state index is 0.158. The van der Waals surface area contributed by atoms with Gasteiger partial charge in [0.05, 0.1) is 6.10 Å². The van der Waals surface area contributed by atoms with Gasteiger partial charge in [-0.1, -0.05) is 12.8 Å². The quantitative estimate of drug-likeness (QED) is 0.813. The van der Waals surface area contributed by atoms with Crippen LogP contribution in [0.4, 0.5) is 8.78 Å². The van der Waals surface area contributed by atoms with E-state index in [1.54, 1.807) is 0 Å². The van der Waals surface area contributed by atoms with Crippen molar-refractivity contribution < 1.29 is 18.7 Å². The Labute approximate surface area is 129 Å². The molecule has 0 radical (unpaired) electrons. The van der Waals surface area contributed by atoms with E-state index < -0.39 is 17.7 Å². The predicted octanol–water partition coefficient (Wildman–Crippen LogP) is 2.95. The summed E-state index contributed by atoms with van der Waals surface area (Å²) in [5, 5.41) is 12.7. The number of aliphatic hydroxyl groups is 1. The lowest BCUT2D eigenvalue weighted by Crippen LogP contribution is -2.35. The zero-order chi connectivity index (χ0) is 15.9. The summed E-state index contributed by atoms with van der Waals surface area (Å²) in [5.74, 6) is -0.783. The Balaban J connectivity index is 1.66. The third-order valence-electron chi connectivity index (χ3n) is 4.31. The van der Waals surface area contributed by atoms with E-state index in [9.17, 15) is 18.7 Å². The molecule has 1 aromatic carbocycles. The van der Waals surface area contributed by atoms with Gasteiger partial charge in [-0.25, -0.2) is 8.78 Å². The molecule has 0 bridgehead atoms. The summed E-state index contributed by atoms with van der Waals surface area (Å²) in [7, 11) is 0. The number of benzene rings is 1. The summed E-state index contributed by atoms with van der Waals surface area (Å²) in [6, 6.07) is 3.34. The average molecular weight is 311 g/mol. The highest BCUT2D eigenvalue weighted by atomic mass is 19.1. The van der Waals surface area contributed by atoms with E-state index in [2.05, 4.69) is 5.32 Å². The van der Waals surface area contributed by atoms with Gasteiger partial charge in [0.1, 0.15) is 11.6 Å². The van der Waals surface area contributed by atoms with E-state index >= 15 is 0 Å². The van der Waals surface area contributed by atoms with Gasteiger partial charge in [0.2, 0.25) is 5.91 Å². The van der Waals surface area contributed by atoms with Crippen LogP contribution in [0.5, 0.6) is 0 Å². The van der Waals surface area contributed by atoms with Crippen LogP contribution in [0.15, 0.2) is 18.2 Å². The molecule has 0 heterocycles. The minimum atomic E-state index is -0.480. The zero-order valence-corrected chi connectivity index (χ0v) is 12.7. The maximum Gasteiger partial charge on any atom is 0.220 e. The second kappa shape index (κ2) is 8.22. The van der Waals surface area contributed by atoms with Crippen LogP contribution in [0.25, 0.3) is 0 Å². The molecule has 0 saturated heterocycles. The van der Waals surface area contributed by atoms with Crippen molar-refractivity contribution in [2.24, 2.45) is 5.92 Å². The first-order chi connectivity index (χ1) is 10.6. The minimum Gasteiger partial charge on any atom is -0.391 e. The lowest BCUT2D eigenvalue weighted by atomic mass is 10.0. The van der Waals surface area contributed by atoms with Crippen molar-refractivity contribution >= 4 is 5.91 Å². The molecule has 1 saturated carbocycles. The molecular formula is C17H23F2NO2. The number of carbonyl (C=O) groups is 1. The van der Waals surface area contributed by atoms with Crippen LogP contribution in [-0.4, -0.2) is 23.7 Å². The molecule has 3 nitrogen and oxygen atoms in total. The first-order valence-electron chi connectivity index (χ1n) is 7.95. The first kappa shape index (κ1) is 16.9.